The summed E-state index contributed by atoms with van der Waals surface area (Å²) < 4.78 is 0. The van der Waals surface area contributed by atoms with E-state index in [9.17, 15) is 10.1 Å². The summed E-state index contributed by atoms with van der Waals surface area (Å²) in [5.74, 6) is 0.0847. The molecule has 2 aliphatic rings. The second-order valence-electron chi connectivity index (χ2n) is 7.16. The number of hydrogen-bond donors (Lipinski definition) is 1. The molecule has 1 aliphatic heterocycles. The van der Waals surface area contributed by atoms with E-state index in [2.05, 4.69) is 12.1 Å². The van der Waals surface area contributed by atoms with Gasteiger partial charge in [-0.05, 0) is 56.5 Å². The van der Waals surface area contributed by atoms with Crippen molar-refractivity contribution in [3.63, 3.8) is 0 Å². The normalized spacial score (nSPS) is 19.7. The number of benzene rings is 1. The predicted octanol–water partition coefficient (Wildman–Crippen LogP) is 5.32. The number of anilines is 1. The van der Waals surface area contributed by atoms with E-state index >= 15 is 0 Å². The fraction of sp³-hybridized carbons (Fsp3) is 0.273. The Balaban J connectivity index is 2.00. The lowest BCUT2D eigenvalue weighted by molar-refractivity contribution is -0.116. The minimum Gasteiger partial charge on any atom is -0.384 e. The Bertz CT molecular complexity index is 1090. The Morgan fingerprint density at radius 2 is 2.07 bits per heavy atom. The summed E-state index contributed by atoms with van der Waals surface area (Å²) in [4.78, 5) is 17.2. The molecule has 142 valence electrons. The van der Waals surface area contributed by atoms with Crippen LogP contribution >= 0.6 is 22.9 Å². The Labute approximate surface area is 173 Å². The number of Topliss-reactive ketones (excluding diaryl/α,β-unsaturated/α-hetero) is 1. The highest BCUT2D eigenvalue weighted by molar-refractivity contribution is 7.12. The molecular weight excluding hydrogens is 390 g/mol. The highest BCUT2D eigenvalue weighted by Gasteiger charge is 2.41. The van der Waals surface area contributed by atoms with Crippen molar-refractivity contribution >= 4 is 34.4 Å². The molecule has 2 N–H and O–H groups in total. The molecule has 0 spiro atoms. The fourth-order valence-corrected chi connectivity index (χ4v) is 5.39. The summed E-state index contributed by atoms with van der Waals surface area (Å²) in [6.07, 6.45) is 2.02. The third-order valence-corrected chi connectivity index (χ3v) is 6.59. The molecule has 0 saturated heterocycles. The topological polar surface area (TPSA) is 70.1 Å². The van der Waals surface area contributed by atoms with Gasteiger partial charge in [-0.3, -0.25) is 9.69 Å². The molecule has 1 aromatic carbocycles. The number of nitriles is 1. The molecule has 0 bridgehead atoms. The smallest absolute Gasteiger partial charge is 0.161 e. The van der Waals surface area contributed by atoms with Crippen molar-refractivity contribution in [3.8, 4) is 6.07 Å². The van der Waals surface area contributed by atoms with Crippen molar-refractivity contribution in [1.29, 1.82) is 5.26 Å². The summed E-state index contributed by atoms with van der Waals surface area (Å²) >= 11 is 7.88. The van der Waals surface area contributed by atoms with Gasteiger partial charge in [0, 0.05) is 38.2 Å². The summed E-state index contributed by atoms with van der Waals surface area (Å²) in [6.45, 7) is 4.08. The Kier molecular flexibility index (Phi) is 4.78. The van der Waals surface area contributed by atoms with E-state index in [4.69, 9.17) is 17.3 Å². The van der Waals surface area contributed by atoms with Crippen LogP contribution in [0.2, 0.25) is 5.02 Å². The number of nitrogens with zero attached hydrogens (tertiary/aromatic N) is 2. The first kappa shape index (κ1) is 18.8. The maximum Gasteiger partial charge on any atom is 0.161 e. The minimum absolute atomic E-state index is 0.0989. The van der Waals surface area contributed by atoms with Gasteiger partial charge in [0.25, 0.3) is 0 Å². The first-order chi connectivity index (χ1) is 13.4. The van der Waals surface area contributed by atoms with Crippen molar-refractivity contribution in [1.82, 2.24) is 0 Å². The second kappa shape index (κ2) is 7.12. The molecule has 6 heteroatoms. The number of rotatable bonds is 2. The molecule has 1 unspecified atom stereocenters. The van der Waals surface area contributed by atoms with Gasteiger partial charge in [-0.2, -0.15) is 5.26 Å². The van der Waals surface area contributed by atoms with Gasteiger partial charge in [-0.15, -0.1) is 11.3 Å². The zero-order valence-electron chi connectivity index (χ0n) is 15.8. The largest absolute Gasteiger partial charge is 0.384 e. The zero-order valence-corrected chi connectivity index (χ0v) is 17.3. The lowest BCUT2D eigenvalue weighted by Crippen LogP contribution is -2.38. The van der Waals surface area contributed by atoms with E-state index in [0.717, 1.165) is 39.5 Å². The predicted molar refractivity (Wildman–Crippen MR) is 113 cm³/mol. The lowest BCUT2D eigenvalue weighted by atomic mass is 9.75. The van der Waals surface area contributed by atoms with Crippen molar-refractivity contribution in [2.75, 3.05) is 4.90 Å². The summed E-state index contributed by atoms with van der Waals surface area (Å²) in [6, 6.07) is 11.7. The molecule has 2 heterocycles. The Morgan fingerprint density at radius 3 is 2.71 bits per heavy atom. The van der Waals surface area contributed by atoms with Gasteiger partial charge < -0.3 is 5.73 Å². The summed E-state index contributed by atoms with van der Waals surface area (Å²) in [5.41, 5.74) is 10.4. The van der Waals surface area contributed by atoms with Crippen molar-refractivity contribution < 1.29 is 4.79 Å². The molecule has 0 fully saturated rings. The maximum absolute atomic E-state index is 13.1. The third kappa shape index (κ3) is 2.94. The van der Waals surface area contributed by atoms with E-state index in [0.29, 0.717) is 28.4 Å². The number of allylic oxidation sites excluding steroid dienone is 3. The van der Waals surface area contributed by atoms with Crippen LogP contribution in [0.1, 0.15) is 40.5 Å². The van der Waals surface area contributed by atoms with E-state index in [-0.39, 0.29) is 5.78 Å². The highest BCUT2D eigenvalue weighted by Crippen LogP contribution is 2.48. The first-order valence-corrected chi connectivity index (χ1v) is 10.4. The van der Waals surface area contributed by atoms with Gasteiger partial charge in [-0.1, -0.05) is 17.7 Å². The van der Waals surface area contributed by atoms with Crippen LogP contribution in [-0.4, -0.2) is 5.78 Å². The van der Waals surface area contributed by atoms with Gasteiger partial charge in [-0.25, -0.2) is 0 Å². The average molecular weight is 410 g/mol. The van der Waals surface area contributed by atoms with Crippen LogP contribution in [0.3, 0.4) is 0 Å². The first-order valence-electron chi connectivity index (χ1n) is 9.21. The minimum atomic E-state index is -0.395. The monoisotopic (exact) mass is 409 g/mol. The van der Waals surface area contributed by atoms with Crippen molar-refractivity contribution in [2.24, 2.45) is 5.73 Å². The van der Waals surface area contributed by atoms with Gasteiger partial charge in [0.1, 0.15) is 5.82 Å². The highest BCUT2D eigenvalue weighted by atomic mass is 35.5. The quantitative estimate of drug-likeness (QED) is 0.728. The Hall–Kier alpha value is -2.55. The molecule has 1 aromatic heterocycles. The molecule has 28 heavy (non-hydrogen) atoms. The van der Waals surface area contributed by atoms with Crippen molar-refractivity contribution in [2.45, 2.75) is 39.0 Å². The van der Waals surface area contributed by atoms with E-state index in [1.807, 2.05) is 36.9 Å². The summed E-state index contributed by atoms with van der Waals surface area (Å²) in [5, 5.41) is 10.6. The molecule has 0 saturated carbocycles. The molecular formula is C22H20ClN3OS. The number of thiophene rings is 1. The van der Waals surface area contributed by atoms with Crippen LogP contribution < -0.4 is 10.6 Å². The van der Waals surface area contributed by atoms with E-state index in [1.54, 1.807) is 17.4 Å². The molecule has 0 amide bonds. The fourth-order valence-electron chi connectivity index (χ4n) is 4.24. The number of halogens is 1. The van der Waals surface area contributed by atoms with Gasteiger partial charge >= 0.3 is 0 Å². The number of hydrogen-bond acceptors (Lipinski definition) is 5. The van der Waals surface area contributed by atoms with Crippen LogP contribution in [0.4, 0.5) is 5.69 Å². The van der Waals surface area contributed by atoms with Gasteiger partial charge in [0.15, 0.2) is 5.78 Å². The second-order valence-corrected chi connectivity index (χ2v) is 9.06. The number of aryl methyl sites for hydroxylation is 2. The van der Waals surface area contributed by atoms with Crippen LogP contribution in [0.15, 0.2) is 53.0 Å². The van der Waals surface area contributed by atoms with Crippen molar-refractivity contribution in [3.05, 3.63) is 73.3 Å². The number of nitrogens with two attached hydrogens (primary N) is 1. The molecule has 2 aromatic rings. The summed E-state index contributed by atoms with van der Waals surface area (Å²) in [7, 11) is 0. The third-order valence-electron chi connectivity index (χ3n) is 5.37. The van der Waals surface area contributed by atoms with Crippen LogP contribution in [0, 0.1) is 25.2 Å². The van der Waals surface area contributed by atoms with Crippen LogP contribution in [0.5, 0.6) is 0 Å². The van der Waals surface area contributed by atoms with Crippen LogP contribution in [-0.2, 0) is 4.79 Å². The maximum atomic E-state index is 13.1. The molecule has 1 aliphatic carbocycles. The average Bonchev–Trinajstić information content (AvgIpc) is 2.98. The number of carbonyl (C=O) groups excluding carboxylic acids is 1. The number of carbonyl (C=O) groups is 1. The van der Waals surface area contributed by atoms with Gasteiger partial charge in [0.2, 0.25) is 0 Å². The molecule has 0 radical (unpaired) electrons. The zero-order chi connectivity index (χ0) is 20.0. The van der Waals surface area contributed by atoms with E-state index in [1.165, 1.54) is 0 Å². The molecule has 1 atom stereocenters. The molecule has 4 rings (SSSR count). The van der Waals surface area contributed by atoms with E-state index < -0.39 is 5.92 Å². The number of ketones is 1. The standard InChI is InChI=1S/C22H20ClN3OS/c1-12-9-16(13(2)28-12)20-17(11-24)22(25)26(15-6-3-5-14(23)10-15)18-7-4-8-19(27)21(18)20/h3,5-6,9-10,20H,4,7-8,25H2,1-2H3. The lowest BCUT2D eigenvalue weighted by Gasteiger charge is -2.39. The Morgan fingerprint density at radius 1 is 1.29 bits per heavy atom. The molecule has 4 nitrogen and oxygen atoms in total. The SMILES string of the molecule is Cc1cc(C2C(C#N)=C(N)N(c3cccc(Cl)c3)C3=C2C(=O)CCC3)c(C)s1. The van der Waals surface area contributed by atoms with Gasteiger partial charge in [0.05, 0.1) is 17.6 Å². The van der Waals surface area contributed by atoms with Crippen LogP contribution in [0.25, 0.3) is 0 Å².